The topological polar surface area (TPSA) is 101 Å². The van der Waals surface area contributed by atoms with Gasteiger partial charge in [-0.05, 0) is 37.8 Å². The maximum atomic E-state index is 12.6. The van der Waals surface area contributed by atoms with Crippen LogP contribution in [0.1, 0.15) is 25.7 Å². The summed E-state index contributed by atoms with van der Waals surface area (Å²) in [4.78, 5) is 10.1. The quantitative estimate of drug-likeness (QED) is 0.604. The second kappa shape index (κ2) is 5.88. The van der Waals surface area contributed by atoms with E-state index in [0.29, 0.717) is 16.6 Å². The van der Waals surface area contributed by atoms with Crippen molar-refractivity contribution < 1.29 is 13.3 Å². The Labute approximate surface area is 136 Å². The number of fused-ring (bicyclic) bond motifs is 2. The summed E-state index contributed by atoms with van der Waals surface area (Å²) in [5.41, 5.74) is -0.410. The van der Waals surface area contributed by atoms with Crippen molar-refractivity contribution in [2.45, 2.75) is 48.7 Å². The number of benzene rings is 1. The molecule has 0 spiro atoms. The van der Waals surface area contributed by atoms with Crippen LogP contribution in [0.2, 0.25) is 0 Å². The van der Waals surface area contributed by atoms with Crippen molar-refractivity contribution in [2.24, 2.45) is 0 Å². The molecule has 0 aliphatic carbocycles. The third-order valence-electron chi connectivity index (χ3n) is 4.20. The van der Waals surface area contributed by atoms with Gasteiger partial charge < -0.3 is 5.32 Å². The summed E-state index contributed by atoms with van der Waals surface area (Å²) in [5.74, 6) is 0. The smallest absolute Gasteiger partial charge is 0.289 e. The van der Waals surface area contributed by atoms with Crippen LogP contribution in [-0.4, -0.2) is 31.5 Å². The first-order valence-electron chi connectivity index (χ1n) is 7.07. The van der Waals surface area contributed by atoms with Gasteiger partial charge in [0.15, 0.2) is 4.90 Å². The molecule has 1 aromatic carbocycles. The summed E-state index contributed by atoms with van der Waals surface area (Å²) in [6.07, 6.45) is 3.55. The van der Waals surface area contributed by atoms with Crippen LogP contribution in [0.4, 0.5) is 5.69 Å². The van der Waals surface area contributed by atoms with E-state index in [9.17, 15) is 18.5 Å². The Morgan fingerprint density at radius 1 is 1.27 bits per heavy atom. The zero-order chi connectivity index (χ0) is 15.9. The molecular weight excluding hydrogens is 374 g/mol. The van der Waals surface area contributed by atoms with Crippen molar-refractivity contribution in [3.05, 3.63) is 32.8 Å². The highest BCUT2D eigenvalue weighted by molar-refractivity contribution is 9.10. The van der Waals surface area contributed by atoms with E-state index >= 15 is 0 Å². The number of nitro benzene ring substituents is 1. The number of nitrogens with one attached hydrogen (secondary N) is 2. The predicted molar refractivity (Wildman–Crippen MR) is 84.1 cm³/mol. The standard InChI is InChI=1S/C13H16BrN3O4S/c14-8-1-4-12(17(18)19)13(5-8)22(20,21)16-11-6-9-2-3-10(7-11)15-9/h1,4-5,9-11,15-16H,2-3,6-7H2. The fourth-order valence-electron chi connectivity index (χ4n) is 3.29. The minimum atomic E-state index is -3.93. The van der Waals surface area contributed by atoms with Gasteiger partial charge in [0.1, 0.15) is 0 Å². The van der Waals surface area contributed by atoms with Crippen LogP contribution >= 0.6 is 15.9 Å². The van der Waals surface area contributed by atoms with Crippen LogP contribution in [0.15, 0.2) is 27.6 Å². The van der Waals surface area contributed by atoms with E-state index in [1.54, 1.807) is 0 Å². The summed E-state index contributed by atoms with van der Waals surface area (Å²) in [6, 6.07) is 4.43. The zero-order valence-corrected chi connectivity index (χ0v) is 14.1. The molecule has 2 bridgehead atoms. The first kappa shape index (κ1) is 15.9. The average molecular weight is 390 g/mol. The number of sulfonamides is 1. The number of rotatable bonds is 4. The van der Waals surface area contributed by atoms with Crippen LogP contribution in [-0.2, 0) is 10.0 Å². The molecule has 2 fully saturated rings. The second-order valence-electron chi connectivity index (χ2n) is 5.80. The van der Waals surface area contributed by atoms with Crippen molar-refractivity contribution in [1.29, 1.82) is 0 Å². The van der Waals surface area contributed by atoms with Gasteiger partial charge in [-0.15, -0.1) is 0 Å². The van der Waals surface area contributed by atoms with Gasteiger partial charge in [0.25, 0.3) is 5.69 Å². The van der Waals surface area contributed by atoms with Crippen molar-refractivity contribution in [3.8, 4) is 0 Å². The fraction of sp³-hybridized carbons (Fsp3) is 0.538. The molecule has 22 heavy (non-hydrogen) atoms. The highest BCUT2D eigenvalue weighted by Crippen LogP contribution is 2.30. The van der Waals surface area contributed by atoms with E-state index in [1.807, 2.05) is 0 Å². The third kappa shape index (κ3) is 3.17. The lowest BCUT2D eigenvalue weighted by atomic mass is 10.0. The first-order valence-corrected chi connectivity index (χ1v) is 9.35. The SMILES string of the molecule is O=[N+]([O-])c1ccc(Br)cc1S(=O)(=O)NC1CC2CCC(C1)N2. The molecule has 0 aromatic heterocycles. The average Bonchev–Trinajstić information content (AvgIpc) is 2.77. The van der Waals surface area contributed by atoms with Gasteiger partial charge in [-0.1, -0.05) is 15.9 Å². The highest BCUT2D eigenvalue weighted by Gasteiger charge is 2.36. The fourth-order valence-corrected chi connectivity index (χ4v) is 5.26. The van der Waals surface area contributed by atoms with E-state index < -0.39 is 20.6 Å². The van der Waals surface area contributed by atoms with Gasteiger partial charge in [-0.25, -0.2) is 13.1 Å². The Morgan fingerprint density at radius 3 is 2.50 bits per heavy atom. The van der Waals surface area contributed by atoms with Gasteiger partial charge in [-0.2, -0.15) is 0 Å². The summed E-state index contributed by atoms with van der Waals surface area (Å²) < 4.78 is 28.2. The van der Waals surface area contributed by atoms with E-state index in [1.165, 1.54) is 18.2 Å². The lowest BCUT2D eigenvalue weighted by Gasteiger charge is -2.29. The second-order valence-corrected chi connectivity index (χ2v) is 8.39. The lowest BCUT2D eigenvalue weighted by molar-refractivity contribution is -0.387. The molecule has 2 aliphatic heterocycles. The van der Waals surface area contributed by atoms with Gasteiger partial charge >= 0.3 is 0 Å². The molecule has 120 valence electrons. The molecule has 2 unspecified atom stereocenters. The zero-order valence-electron chi connectivity index (χ0n) is 11.7. The van der Waals surface area contributed by atoms with Crippen molar-refractivity contribution in [1.82, 2.24) is 10.0 Å². The predicted octanol–water partition coefficient (Wildman–Crippen LogP) is 1.92. The molecule has 1 aromatic rings. The molecule has 9 heteroatoms. The number of piperidine rings is 1. The number of hydrogen-bond donors (Lipinski definition) is 2. The molecule has 0 amide bonds. The molecule has 0 radical (unpaired) electrons. The van der Waals surface area contributed by atoms with Gasteiger partial charge in [0.2, 0.25) is 10.0 Å². The molecule has 2 atom stereocenters. The molecule has 2 N–H and O–H groups in total. The molecule has 3 rings (SSSR count). The van der Waals surface area contributed by atoms with E-state index in [-0.39, 0.29) is 10.9 Å². The molecular formula is C13H16BrN3O4S. The van der Waals surface area contributed by atoms with Crippen LogP contribution in [0, 0.1) is 10.1 Å². The Bertz CT molecular complexity index is 697. The number of hydrogen-bond acceptors (Lipinski definition) is 5. The van der Waals surface area contributed by atoms with Gasteiger partial charge in [-0.3, -0.25) is 10.1 Å². The van der Waals surface area contributed by atoms with E-state index in [4.69, 9.17) is 0 Å². The lowest BCUT2D eigenvalue weighted by Crippen LogP contribution is -2.47. The monoisotopic (exact) mass is 389 g/mol. The molecule has 2 heterocycles. The Balaban J connectivity index is 1.87. The van der Waals surface area contributed by atoms with Crippen molar-refractivity contribution in [3.63, 3.8) is 0 Å². The van der Waals surface area contributed by atoms with E-state index in [2.05, 4.69) is 26.0 Å². The van der Waals surface area contributed by atoms with E-state index in [0.717, 1.165) is 25.7 Å². The number of halogens is 1. The maximum absolute atomic E-state index is 12.6. The molecule has 2 aliphatic rings. The number of nitrogens with zero attached hydrogens (tertiary/aromatic N) is 1. The maximum Gasteiger partial charge on any atom is 0.289 e. The molecule has 0 saturated carbocycles. The number of nitro groups is 1. The Morgan fingerprint density at radius 2 is 1.91 bits per heavy atom. The van der Waals surface area contributed by atoms with Crippen LogP contribution in [0.5, 0.6) is 0 Å². The first-order chi connectivity index (χ1) is 10.3. The Kier molecular flexibility index (Phi) is 4.23. The van der Waals surface area contributed by atoms with Crippen LogP contribution in [0.3, 0.4) is 0 Å². The molecule has 7 nitrogen and oxygen atoms in total. The highest BCUT2D eigenvalue weighted by atomic mass is 79.9. The third-order valence-corrected chi connectivity index (χ3v) is 6.25. The largest absolute Gasteiger partial charge is 0.311 e. The minimum absolute atomic E-state index is 0.178. The summed E-state index contributed by atoms with van der Waals surface area (Å²) in [5, 5.41) is 14.5. The van der Waals surface area contributed by atoms with Crippen LogP contribution < -0.4 is 10.0 Å². The molecule has 2 saturated heterocycles. The summed E-state index contributed by atoms with van der Waals surface area (Å²) in [7, 11) is -3.93. The van der Waals surface area contributed by atoms with Gasteiger partial charge in [0.05, 0.1) is 4.92 Å². The Hall–Kier alpha value is -1.03. The van der Waals surface area contributed by atoms with Gasteiger partial charge in [0, 0.05) is 28.7 Å². The van der Waals surface area contributed by atoms with Crippen molar-refractivity contribution >= 4 is 31.6 Å². The van der Waals surface area contributed by atoms with Crippen molar-refractivity contribution in [2.75, 3.05) is 0 Å². The van der Waals surface area contributed by atoms with Crippen LogP contribution in [0.25, 0.3) is 0 Å². The normalized spacial score (nSPS) is 27.8. The summed E-state index contributed by atoms with van der Waals surface area (Å²) >= 11 is 3.17. The summed E-state index contributed by atoms with van der Waals surface area (Å²) in [6.45, 7) is 0. The minimum Gasteiger partial charge on any atom is -0.311 e.